The number of aryl methyl sites for hydroxylation is 6. The molecule has 0 unspecified atom stereocenters. The summed E-state index contributed by atoms with van der Waals surface area (Å²) in [6.45, 7) is 41.7. The molecule has 0 aliphatic rings. The Kier molecular flexibility index (Phi) is 20.5. The number of hydrogen-bond donors (Lipinski definition) is 5. The lowest BCUT2D eigenvalue weighted by Crippen LogP contribution is -2.07. The van der Waals surface area contributed by atoms with Gasteiger partial charge in [0.1, 0.15) is 0 Å². The number of nitrogens with two attached hydrogens (primary N) is 5. The van der Waals surface area contributed by atoms with Crippen LogP contribution in [0.5, 0.6) is 0 Å². The summed E-state index contributed by atoms with van der Waals surface area (Å²) in [6.07, 6.45) is 4.92. The molecule has 0 spiro atoms. The molecule has 71 heavy (non-hydrogen) atoms. The van der Waals surface area contributed by atoms with E-state index in [1.165, 1.54) is 106 Å². The van der Waals surface area contributed by atoms with Gasteiger partial charge in [-0.1, -0.05) is 170 Å². The second-order valence-electron chi connectivity index (χ2n) is 22.6. The normalized spacial score (nSPS) is 11.5. The molecule has 0 fully saturated rings. The van der Waals surface area contributed by atoms with E-state index in [-0.39, 0.29) is 0 Å². The van der Waals surface area contributed by atoms with E-state index < -0.39 is 0 Å². The Bertz CT molecular complexity index is 2520. The van der Waals surface area contributed by atoms with Gasteiger partial charge in [-0.25, -0.2) is 0 Å². The van der Waals surface area contributed by atoms with Crippen molar-refractivity contribution >= 4 is 28.4 Å². The van der Waals surface area contributed by atoms with Crippen molar-refractivity contribution in [3.8, 4) is 0 Å². The second kappa shape index (κ2) is 25.1. The Labute approximate surface area is 432 Å². The molecule has 6 rings (SSSR count). The van der Waals surface area contributed by atoms with Crippen LogP contribution in [-0.2, 0) is 32.1 Å². The van der Waals surface area contributed by atoms with E-state index in [0.717, 1.165) is 60.5 Å². The van der Waals surface area contributed by atoms with Crippen molar-refractivity contribution in [1.82, 2.24) is 0 Å². The summed E-state index contributed by atoms with van der Waals surface area (Å²) in [6, 6.07) is 27.3. The van der Waals surface area contributed by atoms with Gasteiger partial charge in [-0.15, -0.1) is 0 Å². The largest absolute Gasteiger partial charge is 0.398 e. The van der Waals surface area contributed by atoms with Gasteiger partial charge in [-0.3, -0.25) is 0 Å². The molecule has 0 amide bonds. The third-order valence-electron chi connectivity index (χ3n) is 14.7. The molecule has 0 atom stereocenters. The SMILES string of the molecule is CC(C)c1cc(Cc2cc(C(C)C)c(N)c(C(C)C)c2)cc(C(C)C)c1N.CCc1cc(Cc2cc(C)c(N)c(CC)c2)cc(C)c1C.Cc1cc(Cc2cc(C)c(N)c(C(C)C)c2)cc(C(C)C)c1N. The lowest BCUT2D eigenvalue weighted by Gasteiger charge is -2.21. The highest BCUT2D eigenvalue weighted by Gasteiger charge is 2.18. The topological polar surface area (TPSA) is 130 Å². The zero-order valence-electron chi connectivity index (χ0n) is 47.8. The van der Waals surface area contributed by atoms with Crippen molar-refractivity contribution in [2.24, 2.45) is 0 Å². The Balaban J connectivity index is 0.000000233. The van der Waals surface area contributed by atoms with Gasteiger partial charge in [0.15, 0.2) is 0 Å². The van der Waals surface area contributed by atoms with Crippen LogP contribution in [0.3, 0.4) is 0 Å². The van der Waals surface area contributed by atoms with Gasteiger partial charge < -0.3 is 28.7 Å². The van der Waals surface area contributed by atoms with E-state index >= 15 is 0 Å². The molecule has 5 heteroatoms. The number of hydrogen-bond acceptors (Lipinski definition) is 5. The first-order chi connectivity index (χ1) is 33.2. The van der Waals surface area contributed by atoms with E-state index in [9.17, 15) is 0 Å². The van der Waals surface area contributed by atoms with E-state index in [2.05, 4.69) is 204 Å². The van der Waals surface area contributed by atoms with Crippen LogP contribution in [0.4, 0.5) is 28.4 Å². The molecule has 5 nitrogen and oxygen atoms in total. The number of benzene rings is 6. The lowest BCUT2D eigenvalue weighted by molar-refractivity contribution is 0.829. The van der Waals surface area contributed by atoms with Crippen LogP contribution in [0, 0.1) is 34.6 Å². The van der Waals surface area contributed by atoms with Crippen molar-refractivity contribution < 1.29 is 0 Å². The summed E-state index contributed by atoms with van der Waals surface area (Å²) < 4.78 is 0. The smallest absolute Gasteiger partial charge is 0.0384 e. The van der Waals surface area contributed by atoms with Crippen molar-refractivity contribution in [1.29, 1.82) is 0 Å². The zero-order chi connectivity index (χ0) is 53.3. The average molecular weight is 959 g/mol. The third-order valence-corrected chi connectivity index (χ3v) is 14.7. The van der Waals surface area contributed by atoms with Crippen LogP contribution in [0.2, 0.25) is 0 Å². The minimum absolute atomic E-state index is 0.423. The fraction of sp³-hybridized carbons (Fsp3) is 0.455. The fourth-order valence-corrected chi connectivity index (χ4v) is 10.1. The van der Waals surface area contributed by atoms with E-state index in [1.807, 2.05) is 0 Å². The van der Waals surface area contributed by atoms with Crippen molar-refractivity contribution in [3.63, 3.8) is 0 Å². The van der Waals surface area contributed by atoms with Gasteiger partial charge in [-0.2, -0.15) is 0 Å². The molecule has 0 radical (unpaired) electrons. The Morgan fingerprint density at radius 1 is 0.282 bits per heavy atom. The molecule has 0 bridgehead atoms. The Morgan fingerprint density at radius 2 is 0.507 bits per heavy atom. The van der Waals surface area contributed by atoms with Gasteiger partial charge in [0, 0.05) is 28.4 Å². The molecule has 0 heterocycles. The summed E-state index contributed by atoms with van der Waals surface area (Å²) in [5, 5.41) is 0. The molecular formula is C66H95N5. The van der Waals surface area contributed by atoms with Gasteiger partial charge >= 0.3 is 0 Å². The Hall–Kier alpha value is -5.68. The maximum Gasteiger partial charge on any atom is 0.0384 e. The predicted molar refractivity (Wildman–Crippen MR) is 316 cm³/mol. The highest BCUT2D eigenvalue weighted by molar-refractivity contribution is 5.62. The second-order valence-corrected chi connectivity index (χ2v) is 22.6. The van der Waals surface area contributed by atoms with E-state index in [4.69, 9.17) is 28.7 Å². The standard InChI is InChI=1S/C25H38N2.C21H30N2.C20H27N/c1-14(2)20-10-18(11-21(15(3)4)24(20)26)9-19-12-22(16(5)6)25(27)23(13-19)17(7)8;1-12(2)18-10-16(7-14(5)20(18)22)9-17-8-15(6)21(23)19(11-17)13(3)4;1-6-18-11-16(8-13(3)15(18)5)10-17-9-14(4)20(21)19(7-2)12-17/h10-17H,9,26-27H2,1-8H3;7-8,10-13H,9,22-23H2,1-6H3;8-9,11-12H,6-7,10,21H2,1-5H3. The highest BCUT2D eigenvalue weighted by Crippen LogP contribution is 2.36. The first-order valence-corrected chi connectivity index (χ1v) is 26.8. The number of rotatable bonds is 14. The fourth-order valence-electron chi connectivity index (χ4n) is 10.1. The summed E-state index contributed by atoms with van der Waals surface area (Å²) in [5.74, 6) is 2.57. The van der Waals surface area contributed by atoms with Crippen molar-refractivity contribution in [2.75, 3.05) is 28.7 Å². The minimum Gasteiger partial charge on any atom is -0.398 e. The molecular weight excluding hydrogens is 863 g/mol. The molecule has 384 valence electrons. The van der Waals surface area contributed by atoms with E-state index in [0.29, 0.717) is 35.5 Å². The first-order valence-electron chi connectivity index (χ1n) is 26.8. The maximum absolute atomic E-state index is 6.48. The Morgan fingerprint density at radius 3 is 0.789 bits per heavy atom. The maximum atomic E-state index is 6.48. The highest BCUT2D eigenvalue weighted by atomic mass is 14.6. The number of nitrogen functional groups attached to an aromatic ring is 5. The van der Waals surface area contributed by atoms with Gasteiger partial charge in [0.25, 0.3) is 0 Å². The van der Waals surface area contributed by atoms with Gasteiger partial charge in [0.05, 0.1) is 0 Å². The average Bonchev–Trinajstić information content (AvgIpc) is 3.29. The molecule has 0 saturated carbocycles. The monoisotopic (exact) mass is 958 g/mol. The van der Waals surface area contributed by atoms with Crippen LogP contribution in [0.15, 0.2) is 72.8 Å². The zero-order valence-corrected chi connectivity index (χ0v) is 47.8. The van der Waals surface area contributed by atoms with Gasteiger partial charge in [-0.05, 0) is 208 Å². The predicted octanol–water partition coefficient (Wildman–Crippen LogP) is 17.2. The molecule has 6 aromatic rings. The van der Waals surface area contributed by atoms with Gasteiger partial charge in [0.2, 0.25) is 0 Å². The quantitative estimate of drug-likeness (QED) is 0.0694. The number of anilines is 5. The minimum atomic E-state index is 0.423. The lowest BCUT2D eigenvalue weighted by atomic mass is 9.86. The van der Waals surface area contributed by atoms with Crippen molar-refractivity contribution in [2.45, 2.75) is 199 Å². The van der Waals surface area contributed by atoms with Crippen LogP contribution in [0.25, 0.3) is 0 Å². The molecule has 0 aromatic heterocycles. The molecule has 0 saturated heterocycles. The van der Waals surface area contributed by atoms with E-state index in [1.54, 1.807) is 0 Å². The molecule has 0 aliphatic carbocycles. The van der Waals surface area contributed by atoms with Crippen LogP contribution < -0.4 is 28.7 Å². The van der Waals surface area contributed by atoms with Crippen LogP contribution in [-0.4, -0.2) is 0 Å². The molecule has 6 aromatic carbocycles. The van der Waals surface area contributed by atoms with Crippen LogP contribution in [0.1, 0.15) is 238 Å². The third kappa shape index (κ3) is 14.7. The summed E-state index contributed by atoms with van der Waals surface area (Å²) in [5.41, 5.74) is 61.1. The van der Waals surface area contributed by atoms with Crippen LogP contribution >= 0.6 is 0 Å². The summed E-state index contributed by atoms with van der Waals surface area (Å²) >= 11 is 0. The molecule has 10 N–H and O–H groups in total. The molecule has 0 aliphatic heterocycles. The first kappa shape index (κ1) is 57.9. The summed E-state index contributed by atoms with van der Waals surface area (Å²) in [4.78, 5) is 0. The summed E-state index contributed by atoms with van der Waals surface area (Å²) in [7, 11) is 0. The van der Waals surface area contributed by atoms with Crippen molar-refractivity contribution in [3.05, 3.63) is 179 Å².